The SMILES string of the molecule is CCOc1c(N)ccc(N)c1[N+](=O)[O-]. The summed E-state index contributed by atoms with van der Waals surface area (Å²) in [7, 11) is 0. The van der Waals surface area contributed by atoms with Gasteiger partial charge in [-0.15, -0.1) is 0 Å². The monoisotopic (exact) mass is 197 g/mol. The molecule has 0 aromatic heterocycles. The first kappa shape index (κ1) is 10.1. The van der Waals surface area contributed by atoms with Crippen LogP contribution in [0.25, 0.3) is 0 Å². The Hall–Kier alpha value is -1.98. The van der Waals surface area contributed by atoms with Crippen LogP contribution in [0.15, 0.2) is 12.1 Å². The average Bonchev–Trinajstić information content (AvgIpc) is 2.11. The highest BCUT2D eigenvalue weighted by Crippen LogP contribution is 2.37. The first-order valence-electron chi connectivity index (χ1n) is 4.03. The normalized spacial score (nSPS) is 9.79. The van der Waals surface area contributed by atoms with E-state index < -0.39 is 4.92 Å². The zero-order chi connectivity index (χ0) is 10.7. The van der Waals surface area contributed by atoms with Crippen molar-refractivity contribution in [3.8, 4) is 5.75 Å². The van der Waals surface area contributed by atoms with Gasteiger partial charge in [0, 0.05) is 0 Å². The third kappa shape index (κ3) is 1.68. The van der Waals surface area contributed by atoms with Gasteiger partial charge in [0.1, 0.15) is 5.69 Å². The summed E-state index contributed by atoms with van der Waals surface area (Å²) in [6.45, 7) is 2.01. The van der Waals surface area contributed by atoms with Crippen LogP contribution in [-0.4, -0.2) is 11.5 Å². The predicted octanol–water partition coefficient (Wildman–Crippen LogP) is 1.16. The van der Waals surface area contributed by atoms with Gasteiger partial charge in [0.05, 0.1) is 17.2 Å². The molecule has 0 aliphatic heterocycles. The van der Waals surface area contributed by atoms with Crippen LogP contribution in [0, 0.1) is 10.1 Å². The van der Waals surface area contributed by atoms with E-state index >= 15 is 0 Å². The van der Waals surface area contributed by atoms with Crippen molar-refractivity contribution in [2.45, 2.75) is 6.92 Å². The van der Waals surface area contributed by atoms with Crippen molar-refractivity contribution < 1.29 is 9.66 Å². The zero-order valence-electron chi connectivity index (χ0n) is 7.69. The molecule has 0 heterocycles. The molecule has 1 rings (SSSR count). The topological polar surface area (TPSA) is 104 Å². The zero-order valence-corrected chi connectivity index (χ0v) is 7.69. The standard InChI is InChI=1S/C8H11N3O3/c1-2-14-8-6(10)4-3-5(9)7(8)11(12)13/h3-4H,2,9-10H2,1H3. The third-order valence-electron chi connectivity index (χ3n) is 1.66. The Morgan fingerprint density at radius 2 is 2.00 bits per heavy atom. The van der Waals surface area contributed by atoms with Gasteiger partial charge in [-0.25, -0.2) is 0 Å². The van der Waals surface area contributed by atoms with Crippen molar-refractivity contribution in [3.05, 3.63) is 22.2 Å². The number of nitrogens with zero attached hydrogens (tertiary/aromatic N) is 1. The first-order chi connectivity index (χ1) is 6.57. The molecule has 6 nitrogen and oxygen atoms in total. The molecule has 6 heteroatoms. The molecular formula is C8H11N3O3. The maximum absolute atomic E-state index is 10.7. The number of ether oxygens (including phenoxy) is 1. The van der Waals surface area contributed by atoms with Crippen molar-refractivity contribution in [1.82, 2.24) is 0 Å². The first-order valence-corrected chi connectivity index (χ1v) is 4.03. The number of nitrogen functional groups attached to an aromatic ring is 2. The van der Waals surface area contributed by atoms with Crippen LogP contribution in [0.1, 0.15) is 6.92 Å². The van der Waals surface area contributed by atoms with Crippen molar-refractivity contribution >= 4 is 17.1 Å². The number of rotatable bonds is 3. The minimum atomic E-state index is -0.601. The molecule has 0 aliphatic rings. The van der Waals surface area contributed by atoms with E-state index in [1.54, 1.807) is 6.92 Å². The Balaban J connectivity index is 3.33. The van der Waals surface area contributed by atoms with Crippen LogP contribution in [-0.2, 0) is 0 Å². The molecule has 0 atom stereocenters. The lowest BCUT2D eigenvalue weighted by Gasteiger charge is -2.08. The Morgan fingerprint density at radius 1 is 1.43 bits per heavy atom. The van der Waals surface area contributed by atoms with E-state index in [9.17, 15) is 10.1 Å². The van der Waals surface area contributed by atoms with Crippen LogP contribution in [0.5, 0.6) is 5.75 Å². The Morgan fingerprint density at radius 3 is 2.50 bits per heavy atom. The van der Waals surface area contributed by atoms with Crippen molar-refractivity contribution in [2.75, 3.05) is 18.1 Å². The minimum Gasteiger partial charge on any atom is -0.486 e. The second kappa shape index (κ2) is 3.82. The third-order valence-corrected chi connectivity index (χ3v) is 1.66. The van der Waals surface area contributed by atoms with Gasteiger partial charge >= 0.3 is 5.69 Å². The highest BCUT2D eigenvalue weighted by atomic mass is 16.6. The van der Waals surface area contributed by atoms with E-state index in [0.717, 1.165) is 0 Å². The van der Waals surface area contributed by atoms with Crippen LogP contribution < -0.4 is 16.2 Å². The quantitative estimate of drug-likeness (QED) is 0.429. The molecule has 0 amide bonds. The maximum atomic E-state index is 10.7. The van der Waals surface area contributed by atoms with Gasteiger partial charge in [0.2, 0.25) is 5.75 Å². The van der Waals surface area contributed by atoms with E-state index in [4.69, 9.17) is 16.2 Å². The fourth-order valence-corrected chi connectivity index (χ4v) is 1.09. The number of nitro groups is 1. The predicted molar refractivity (Wildman–Crippen MR) is 53.1 cm³/mol. The highest BCUT2D eigenvalue weighted by Gasteiger charge is 2.21. The van der Waals surface area contributed by atoms with Crippen LogP contribution in [0.2, 0.25) is 0 Å². The number of nitrogens with two attached hydrogens (primary N) is 2. The number of anilines is 2. The smallest absolute Gasteiger partial charge is 0.335 e. The molecule has 0 saturated carbocycles. The Bertz CT molecular complexity index is 365. The molecule has 1 aromatic carbocycles. The van der Waals surface area contributed by atoms with Crippen LogP contribution >= 0.6 is 0 Å². The Kier molecular flexibility index (Phi) is 2.76. The van der Waals surface area contributed by atoms with Crippen LogP contribution in [0.4, 0.5) is 17.1 Å². The van der Waals surface area contributed by atoms with Gasteiger partial charge in [-0.05, 0) is 19.1 Å². The van der Waals surface area contributed by atoms with Gasteiger partial charge in [0.25, 0.3) is 0 Å². The summed E-state index contributed by atoms with van der Waals surface area (Å²) in [6.07, 6.45) is 0. The van der Waals surface area contributed by atoms with Gasteiger partial charge in [-0.3, -0.25) is 10.1 Å². The van der Waals surface area contributed by atoms with E-state index in [2.05, 4.69) is 0 Å². The van der Waals surface area contributed by atoms with Gasteiger partial charge in [-0.2, -0.15) is 0 Å². The van der Waals surface area contributed by atoms with Crippen molar-refractivity contribution in [1.29, 1.82) is 0 Å². The Labute approximate surface area is 80.6 Å². The molecular weight excluding hydrogens is 186 g/mol. The molecule has 76 valence electrons. The molecule has 4 N–H and O–H groups in total. The van der Waals surface area contributed by atoms with Gasteiger partial charge in [-0.1, -0.05) is 0 Å². The molecule has 0 bridgehead atoms. The summed E-state index contributed by atoms with van der Waals surface area (Å²) in [6, 6.07) is 2.86. The van der Waals surface area contributed by atoms with E-state index in [-0.39, 0.29) is 22.8 Å². The second-order valence-electron chi connectivity index (χ2n) is 2.61. The van der Waals surface area contributed by atoms with Gasteiger partial charge in [0.15, 0.2) is 0 Å². The largest absolute Gasteiger partial charge is 0.486 e. The summed E-state index contributed by atoms with van der Waals surface area (Å²) in [5.41, 5.74) is 11.0. The summed E-state index contributed by atoms with van der Waals surface area (Å²) >= 11 is 0. The minimum absolute atomic E-state index is 0.0394. The molecule has 0 radical (unpaired) electrons. The second-order valence-corrected chi connectivity index (χ2v) is 2.61. The summed E-state index contributed by atoms with van der Waals surface area (Å²) in [5.74, 6) is 0.0394. The molecule has 0 fully saturated rings. The molecule has 0 unspecified atom stereocenters. The van der Waals surface area contributed by atoms with E-state index in [0.29, 0.717) is 6.61 Å². The van der Waals surface area contributed by atoms with Crippen molar-refractivity contribution in [3.63, 3.8) is 0 Å². The van der Waals surface area contributed by atoms with Gasteiger partial charge < -0.3 is 16.2 Å². The van der Waals surface area contributed by atoms with Crippen molar-refractivity contribution in [2.24, 2.45) is 0 Å². The fourth-order valence-electron chi connectivity index (χ4n) is 1.09. The molecule has 0 aliphatic carbocycles. The fraction of sp³-hybridized carbons (Fsp3) is 0.250. The molecule has 0 spiro atoms. The lowest BCUT2D eigenvalue weighted by molar-refractivity contribution is -0.384. The lowest BCUT2D eigenvalue weighted by Crippen LogP contribution is -2.04. The lowest BCUT2D eigenvalue weighted by atomic mass is 10.2. The average molecular weight is 197 g/mol. The molecule has 14 heavy (non-hydrogen) atoms. The van der Waals surface area contributed by atoms with E-state index in [1.165, 1.54) is 12.1 Å². The molecule has 0 saturated heterocycles. The number of benzene rings is 1. The highest BCUT2D eigenvalue weighted by molar-refractivity contribution is 5.74. The van der Waals surface area contributed by atoms with E-state index in [1.807, 2.05) is 0 Å². The summed E-state index contributed by atoms with van der Waals surface area (Å²) in [4.78, 5) is 10.1. The number of nitro benzene ring substituents is 1. The summed E-state index contributed by atoms with van der Waals surface area (Å²) < 4.78 is 5.06. The number of hydrogen-bond donors (Lipinski definition) is 2. The maximum Gasteiger partial charge on any atom is 0.335 e. The summed E-state index contributed by atoms with van der Waals surface area (Å²) in [5, 5.41) is 10.7. The van der Waals surface area contributed by atoms with Crippen LogP contribution in [0.3, 0.4) is 0 Å². The number of hydrogen-bond acceptors (Lipinski definition) is 5. The molecule has 1 aromatic rings.